The van der Waals surface area contributed by atoms with E-state index in [0.717, 1.165) is 40.8 Å². The van der Waals surface area contributed by atoms with Crippen LogP contribution in [0.3, 0.4) is 0 Å². The molecule has 0 saturated heterocycles. The van der Waals surface area contributed by atoms with Crippen molar-refractivity contribution in [1.29, 1.82) is 0 Å². The number of hydrogen-bond acceptors (Lipinski definition) is 5. The molecule has 0 bridgehead atoms. The van der Waals surface area contributed by atoms with Gasteiger partial charge in [-0.25, -0.2) is 8.42 Å². The summed E-state index contributed by atoms with van der Waals surface area (Å²) in [5.41, 5.74) is 2.19. The Kier molecular flexibility index (Phi) is 8.45. The van der Waals surface area contributed by atoms with E-state index in [1.54, 1.807) is 0 Å². The summed E-state index contributed by atoms with van der Waals surface area (Å²) in [5.74, 6) is -0.360. The Hall–Kier alpha value is -1.45. The van der Waals surface area contributed by atoms with Gasteiger partial charge in [0.2, 0.25) is 5.91 Å². The Morgan fingerprint density at radius 3 is 2.21 bits per heavy atom. The van der Waals surface area contributed by atoms with Gasteiger partial charge in [0.1, 0.15) is 4.21 Å². The van der Waals surface area contributed by atoms with E-state index in [1.807, 2.05) is 12.1 Å². The first-order chi connectivity index (χ1) is 13.3. The molecular formula is C19H26ClN3O3S2. The second kappa shape index (κ2) is 10.4. The van der Waals surface area contributed by atoms with Crippen LogP contribution >= 0.6 is 22.9 Å². The minimum atomic E-state index is -3.72. The first kappa shape index (κ1) is 22.8. The topological polar surface area (TPSA) is 69.7 Å². The number of benzene rings is 1. The van der Waals surface area contributed by atoms with Crippen LogP contribution in [0.1, 0.15) is 25.0 Å². The van der Waals surface area contributed by atoms with Crippen LogP contribution in [0.25, 0.3) is 0 Å². The molecule has 2 aromatic rings. The number of sulfonamides is 1. The van der Waals surface area contributed by atoms with Gasteiger partial charge in [0.15, 0.2) is 0 Å². The van der Waals surface area contributed by atoms with Crippen molar-refractivity contribution < 1.29 is 13.2 Å². The van der Waals surface area contributed by atoms with Gasteiger partial charge in [-0.1, -0.05) is 49.7 Å². The van der Waals surface area contributed by atoms with E-state index >= 15 is 0 Å². The lowest BCUT2D eigenvalue weighted by Gasteiger charge is -2.18. The van der Waals surface area contributed by atoms with Crippen molar-refractivity contribution in [2.45, 2.75) is 31.1 Å². The van der Waals surface area contributed by atoms with Crippen LogP contribution < -0.4 is 5.32 Å². The number of nitrogens with zero attached hydrogens (tertiary/aromatic N) is 2. The van der Waals surface area contributed by atoms with Crippen LogP contribution in [0.5, 0.6) is 0 Å². The summed E-state index contributed by atoms with van der Waals surface area (Å²) >= 11 is 6.77. The molecular weight excluding hydrogens is 418 g/mol. The van der Waals surface area contributed by atoms with Gasteiger partial charge in [-0.05, 0) is 36.3 Å². The summed E-state index contributed by atoms with van der Waals surface area (Å²) in [4.78, 5) is 14.5. The number of carbonyl (C=O) groups is 1. The zero-order valence-corrected chi connectivity index (χ0v) is 18.7. The standard InChI is InChI=1S/C19H26ClN3O3S2/c1-4-23(5-2)13-16-8-6-15(7-9-16)12-21-18(24)14-22(3)28(25,26)19-11-10-17(20)27-19/h6-11H,4-5,12-14H2,1-3H3,(H,21,24). The third kappa shape index (κ3) is 6.28. The quantitative estimate of drug-likeness (QED) is 0.612. The maximum atomic E-state index is 12.4. The number of thiophene rings is 1. The lowest BCUT2D eigenvalue weighted by Crippen LogP contribution is -2.37. The van der Waals surface area contributed by atoms with Crippen molar-refractivity contribution in [1.82, 2.24) is 14.5 Å². The second-order valence-electron chi connectivity index (χ2n) is 6.37. The van der Waals surface area contributed by atoms with Crippen LogP contribution in [-0.4, -0.2) is 50.2 Å². The first-order valence-corrected chi connectivity index (χ1v) is 11.7. The summed E-state index contributed by atoms with van der Waals surface area (Å²) in [6, 6.07) is 11.0. The third-order valence-corrected chi connectivity index (χ3v) is 7.89. The van der Waals surface area contributed by atoms with Crippen molar-refractivity contribution in [3.63, 3.8) is 0 Å². The van der Waals surface area contributed by atoms with Gasteiger partial charge in [-0.2, -0.15) is 4.31 Å². The molecule has 0 aliphatic carbocycles. The molecule has 0 fully saturated rings. The maximum absolute atomic E-state index is 12.4. The van der Waals surface area contributed by atoms with Crippen molar-refractivity contribution in [3.8, 4) is 0 Å². The lowest BCUT2D eigenvalue weighted by molar-refractivity contribution is -0.121. The van der Waals surface area contributed by atoms with E-state index in [0.29, 0.717) is 10.9 Å². The fraction of sp³-hybridized carbons (Fsp3) is 0.421. The highest BCUT2D eigenvalue weighted by Crippen LogP contribution is 2.27. The Balaban J connectivity index is 1.86. The largest absolute Gasteiger partial charge is 0.351 e. The normalized spacial score (nSPS) is 11.9. The molecule has 28 heavy (non-hydrogen) atoms. The van der Waals surface area contributed by atoms with Crippen LogP contribution in [-0.2, 0) is 27.9 Å². The van der Waals surface area contributed by atoms with Gasteiger partial charge in [0.05, 0.1) is 10.9 Å². The van der Waals surface area contributed by atoms with Crippen LogP contribution in [0.15, 0.2) is 40.6 Å². The van der Waals surface area contributed by atoms with Gasteiger partial charge in [-0.3, -0.25) is 9.69 Å². The molecule has 1 heterocycles. The predicted octanol–water partition coefficient (Wildman–Crippen LogP) is 3.18. The Morgan fingerprint density at radius 2 is 1.68 bits per heavy atom. The van der Waals surface area contributed by atoms with E-state index in [4.69, 9.17) is 11.6 Å². The smallest absolute Gasteiger partial charge is 0.252 e. The molecule has 2 rings (SSSR count). The highest BCUT2D eigenvalue weighted by molar-refractivity contribution is 7.91. The summed E-state index contributed by atoms with van der Waals surface area (Å²) in [5, 5.41) is 2.76. The molecule has 0 aliphatic heterocycles. The molecule has 0 aliphatic rings. The van der Waals surface area contributed by atoms with Gasteiger partial charge in [-0.15, -0.1) is 11.3 Å². The molecule has 0 radical (unpaired) electrons. The number of halogens is 1. The van der Waals surface area contributed by atoms with Crippen molar-refractivity contribution in [3.05, 3.63) is 51.9 Å². The van der Waals surface area contributed by atoms with Crippen LogP contribution in [0, 0.1) is 0 Å². The molecule has 154 valence electrons. The summed E-state index contributed by atoms with van der Waals surface area (Å²) in [6.45, 7) is 7.27. The number of nitrogens with one attached hydrogen (secondary N) is 1. The number of hydrogen-bond donors (Lipinski definition) is 1. The fourth-order valence-corrected chi connectivity index (χ4v) is 5.42. The Labute approximate surface area is 176 Å². The van der Waals surface area contributed by atoms with Gasteiger partial charge in [0.25, 0.3) is 10.0 Å². The molecule has 1 N–H and O–H groups in total. The second-order valence-corrected chi connectivity index (χ2v) is 10.4. The molecule has 9 heteroatoms. The molecule has 1 amide bonds. The average molecular weight is 444 g/mol. The van der Waals surface area contributed by atoms with Crippen molar-refractivity contribution in [2.24, 2.45) is 0 Å². The first-order valence-electron chi connectivity index (χ1n) is 9.04. The van der Waals surface area contributed by atoms with Crippen LogP contribution in [0.2, 0.25) is 4.34 Å². The van der Waals surface area contributed by atoms with E-state index in [2.05, 4.69) is 36.2 Å². The van der Waals surface area contributed by atoms with Crippen molar-refractivity contribution in [2.75, 3.05) is 26.7 Å². The predicted molar refractivity (Wildman–Crippen MR) is 114 cm³/mol. The Morgan fingerprint density at radius 1 is 1.07 bits per heavy atom. The summed E-state index contributed by atoms with van der Waals surface area (Å²) in [7, 11) is -2.34. The van der Waals surface area contributed by atoms with E-state index in [1.165, 1.54) is 24.7 Å². The molecule has 0 spiro atoms. The number of amides is 1. The number of rotatable bonds is 10. The maximum Gasteiger partial charge on any atom is 0.252 e. The number of likely N-dealkylation sites (N-methyl/N-ethyl adjacent to an activating group) is 1. The van der Waals surface area contributed by atoms with Crippen molar-refractivity contribution >= 4 is 38.9 Å². The van der Waals surface area contributed by atoms with Gasteiger partial charge in [0, 0.05) is 20.1 Å². The fourth-order valence-electron chi connectivity index (χ4n) is 2.60. The zero-order chi connectivity index (χ0) is 20.7. The summed E-state index contributed by atoms with van der Waals surface area (Å²) < 4.78 is 26.4. The minimum Gasteiger partial charge on any atom is -0.351 e. The highest BCUT2D eigenvalue weighted by Gasteiger charge is 2.24. The van der Waals surface area contributed by atoms with Crippen LogP contribution in [0.4, 0.5) is 0 Å². The molecule has 0 saturated carbocycles. The number of carbonyl (C=O) groups excluding carboxylic acids is 1. The van der Waals surface area contributed by atoms with E-state index < -0.39 is 10.0 Å². The monoisotopic (exact) mass is 443 g/mol. The third-order valence-electron chi connectivity index (χ3n) is 4.39. The summed E-state index contributed by atoms with van der Waals surface area (Å²) in [6.07, 6.45) is 0. The van der Waals surface area contributed by atoms with Gasteiger partial charge < -0.3 is 5.32 Å². The minimum absolute atomic E-state index is 0.122. The van der Waals surface area contributed by atoms with E-state index in [9.17, 15) is 13.2 Å². The molecule has 6 nitrogen and oxygen atoms in total. The highest BCUT2D eigenvalue weighted by atomic mass is 35.5. The molecule has 1 aromatic carbocycles. The van der Waals surface area contributed by atoms with Gasteiger partial charge >= 0.3 is 0 Å². The molecule has 0 unspecified atom stereocenters. The Bertz CT molecular complexity index is 878. The SMILES string of the molecule is CCN(CC)Cc1ccc(CNC(=O)CN(C)S(=O)(=O)c2ccc(Cl)s2)cc1. The average Bonchev–Trinajstić information content (AvgIpc) is 3.12. The molecule has 1 aromatic heterocycles. The zero-order valence-electron chi connectivity index (χ0n) is 16.3. The molecule has 0 atom stereocenters. The van der Waals surface area contributed by atoms with E-state index in [-0.39, 0.29) is 16.7 Å². The lowest BCUT2D eigenvalue weighted by atomic mass is 10.1.